The zero-order chi connectivity index (χ0) is 11.1. The van der Waals surface area contributed by atoms with Crippen molar-refractivity contribution in [1.29, 1.82) is 0 Å². The van der Waals surface area contributed by atoms with Gasteiger partial charge in [-0.15, -0.1) is 0 Å². The lowest BCUT2D eigenvalue weighted by Gasteiger charge is -2.23. The molecule has 1 unspecified atom stereocenters. The summed E-state index contributed by atoms with van der Waals surface area (Å²) in [5.41, 5.74) is 0. The summed E-state index contributed by atoms with van der Waals surface area (Å²) in [4.78, 5) is 2.44. The number of rotatable bonds is 7. The van der Waals surface area contributed by atoms with E-state index in [0.717, 1.165) is 11.8 Å². The van der Waals surface area contributed by atoms with Crippen LogP contribution in [0.15, 0.2) is 0 Å². The quantitative estimate of drug-likeness (QED) is 0.603. The minimum atomic E-state index is 0.687. The van der Waals surface area contributed by atoms with Crippen molar-refractivity contribution in [1.82, 2.24) is 4.90 Å². The van der Waals surface area contributed by atoms with E-state index in [1.165, 1.54) is 25.8 Å². The van der Waals surface area contributed by atoms with Crippen LogP contribution in [0.4, 0.5) is 0 Å². The summed E-state index contributed by atoms with van der Waals surface area (Å²) in [5.74, 6) is 1.75. The van der Waals surface area contributed by atoms with Crippen LogP contribution in [0.25, 0.3) is 0 Å². The van der Waals surface area contributed by atoms with Crippen molar-refractivity contribution in [2.75, 3.05) is 13.6 Å². The maximum atomic E-state index is 2.44. The fourth-order valence-corrected chi connectivity index (χ4v) is 1.44. The van der Waals surface area contributed by atoms with Gasteiger partial charge in [0, 0.05) is 6.04 Å². The van der Waals surface area contributed by atoms with E-state index in [0.29, 0.717) is 6.04 Å². The van der Waals surface area contributed by atoms with Crippen LogP contribution in [-0.2, 0) is 0 Å². The molecule has 0 aromatic heterocycles. The Bertz CT molecular complexity index is 129. The van der Waals surface area contributed by atoms with Crippen molar-refractivity contribution >= 4 is 0 Å². The summed E-state index contributed by atoms with van der Waals surface area (Å²) >= 11 is 0. The fourth-order valence-electron chi connectivity index (χ4n) is 1.44. The van der Waals surface area contributed by atoms with Gasteiger partial charge in [0.1, 0.15) is 0 Å². The lowest BCUT2D eigenvalue weighted by Crippen LogP contribution is -2.28. The first kappa shape index (κ1) is 14.0. The van der Waals surface area contributed by atoms with Crippen molar-refractivity contribution in [2.24, 2.45) is 11.8 Å². The highest BCUT2D eigenvalue weighted by atomic mass is 15.1. The summed E-state index contributed by atoms with van der Waals surface area (Å²) < 4.78 is 0. The third-order valence-electron chi connectivity index (χ3n) is 3.09. The summed E-state index contributed by atoms with van der Waals surface area (Å²) in [6.45, 7) is 12.8. The van der Waals surface area contributed by atoms with Gasteiger partial charge in [0.15, 0.2) is 0 Å². The van der Waals surface area contributed by atoms with Crippen LogP contribution in [0.3, 0.4) is 0 Å². The van der Waals surface area contributed by atoms with Gasteiger partial charge < -0.3 is 4.90 Å². The summed E-state index contributed by atoms with van der Waals surface area (Å²) in [5, 5.41) is 0. The summed E-state index contributed by atoms with van der Waals surface area (Å²) in [6.07, 6.45) is 4.12. The second-order valence-corrected chi connectivity index (χ2v) is 5.44. The molecular weight excluding hydrogens is 170 g/mol. The Kier molecular flexibility index (Phi) is 7.26. The van der Waals surface area contributed by atoms with Gasteiger partial charge in [-0.25, -0.2) is 0 Å². The van der Waals surface area contributed by atoms with Crippen LogP contribution in [0.2, 0.25) is 0 Å². The number of nitrogens with zero attached hydrogens (tertiary/aromatic N) is 1. The topological polar surface area (TPSA) is 3.24 Å². The predicted molar refractivity (Wildman–Crippen MR) is 65.6 cm³/mol. The molecule has 1 heteroatoms. The summed E-state index contributed by atoms with van der Waals surface area (Å²) in [6, 6.07) is 0.687. The fraction of sp³-hybridized carbons (Fsp3) is 1.00. The molecule has 0 fully saturated rings. The van der Waals surface area contributed by atoms with Crippen LogP contribution in [0.1, 0.15) is 53.9 Å². The molecule has 14 heavy (non-hydrogen) atoms. The van der Waals surface area contributed by atoms with Gasteiger partial charge in [-0.2, -0.15) is 0 Å². The molecule has 0 saturated heterocycles. The Morgan fingerprint density at radius 2 is 1.43 bits per heavy atom. The van der Waals surface area contributed by atoms with Gasteiger partial charge >= 0.3 is 0 Å². The molecule has 0 saturated carbocycles. The lowest BCUT2D eigenvalue weighted by molar-refractivity contribution is 0.249. The predicted octanol–water partition coefficient (Wildman–Crippen LogP) is 3.79. The van der Waals surface area contributed by atoms with Gasteiger partial charge in [0.05, 0.1) is 0 Å². The highest BCUT2D eigenvalue weighted by Gasteiger charge is 2.07. The van der Waals surface area contributed by atoms with E-state index in [-0.39, 0.29) is 0 Å². The van der Waals surface area contributed by atoms with Crippen LogP contribution in [0, 0.1) is 11.8 Å². The standard InChI is InChI=1S/C13H29N/c1-11(2)7-8-13(5)9-10-14(6)12(3)4/h11-13H,7-10H2,1-6H3. The maximum absolute atomic E-state index is 2.44. The van der Waals surface area contributed by atoms with Crippen molar-refractivity contribution < 1.29 is 0 Å². The number of hydrogen-bond donors (Lipinski definition) is 0. The average molecular weight is 199 g/mol. The highest BCUT2D eigenvalue weighted by molar-refractivity contribution is 4.61. The first-order chi connectivity index (χ1) is 6.43. The largest absolute Gasteiger partial charge is 0.304 e. The van der Waals surface area contributed by atoms with E-state index < -0.39 is 0 Å². The molecule has 0 aliphatic rings. The second kappa shape index (κ2) is 7.28. The van der Waals surface area contributed by atoms with Crippen LogP contribution >= 0.6 is 0 Å². The zero-order valence-corrected chi connectivity index (χ0v) is 11.0. The summed E-state index contributed by atoms with van der Waals surface area (Å²) in [7, 11) is 2.22. The van der Waals surface area contributed by atoms with Gasteiger partial charge in [-0.1, -0.05) is 33.6 Å². The lowest BCUT2D eigenvalue weighted by atomic mass is 9.96. The van der Waals surface area contributed by atoms with Crippen LogP contribution < -0.4 is 0 Å². The maximum Gasteiger partial charge on any atom is 0.00355 e. The van der Waals surface area contributed by atoms with Crippen molar-refractivity contribution in [2.45, 2.75) is 59.9 Å². The minimum absolute atomic E-state index is 0.687. The smallest absolute Gasteiger partial charge is 0.00355 e. The molecular formula is C13H29N. The van der Waals surface area contributed by atoms with Crippen LogP contribution in [-0.4, -0.2) is 24.5 Å². The number of hydrogen-bond acceptors (Lipinski definition) is 1. The molecule has 0 aliphatic heterocycles. The highest BCUT2D eigenvalue weighted by Crippen LogP contribution is 2.15. The zero-order valence-electron chi connectivity index (χ0n) is 11.0. The monoisotopic (exact) mass is 199 g/mol. The SMILES string of the molecule is CC(C)CCC(C)CCN(C)C(C)C. The van der Waals surface area contributed by atoms with E-state index in [1.54, 1.807) is 0 Å². The van der Waals surface area contributed by atoms with Crippen molar-refractivity contribution in [3.63, 3.8) is 0 Å². The molecule has 0 rings (SSSR count). The first-order valence-corrected chi connectivity index (χ1v) is 6.13. The van der Waals surface area contributed by atoms with E-state index in [4.69, 9.17) is 0 Å². The van der Waals surface area contributed by atoms with Gasteiger partial charge in [-0.05, 0) is 45.7 Å². The van der Waals surface area contributed by atoms with E-state index in [9.17, 15) is 0 Å². The Hall–Kier alpha value is -0.0400. The van der Waals surface area contributed by atoms with E-state index in [1.807, 2.05) is 0 Å². The second-order valence-electron chi connectivity index (χ2n) is 5.44. The molecule has 0 heterocycles. The van der Waals surface area contributed by atoms with Gasteiger partial charge in [0.25, 0.3) is 0 Å². The van der Waals surface area contributed by atoms with Crippen molar-refractivity contribution in [3.05, 3.63) is 0 Å². The molecule has 0 bridgehead atoms. The van der Waals surface area contributed by atoms with Gasteiger partial charge in [-0.3, -0.25) is 0 Å². The molecule has 0 aliphatic carbocycles. The normalized spacial score (nSPS) is 14.4. The third-order valence-corrected chi connectivity index (χ3v) is 3.09. The van der Waals surface area contributed by atoms with Crippen molar-refractivity contribution in [3.8, 4) is 0 Å². The molecule has 1 nitrogen and oxygen atoms in total. The molecule has 0 amide bonds. The van der Waals surface area contributed by atoms with Crippen LogP contribution in [0.5, 0.6) is 0 Å². The molecule has 1 atom stereocenters. The average Bonchev–Trinajstić information content (AvgIpc) is 2.10. The Morgan fingerprint density at radius 3 is 1.86 bits per heavy atom. The Balaban J connectivity index is 3.48. The molecule has 0 aromatic carbocycles. The van der Waals surface area contributed by atoms with E-state index >= 15 is 0 Å². The molecule has 86 valence electrons. The minimum Gasteiger partial charge on any atom is -0.304 e. The Labute approximate surface area is 90.9 Å². The molecule has 0 radical (unpaired) electrons. The third kappa shape index (κ3) is 7.37. The Morgan fingerprint density at radius 1 is 0.857 bits per heavy atom. The molecule has 0 spiro atoms. The van der Waals surface area contributed by atoms with E-state index in [2.05, 4.69) is 46.6 Å². The first-order valence-electron chi connectivity index (χ1n) is 6.13. The molecule has 0 N–H and O–H groups in total. The molecule has 0 aromatic rings. The van der Waals surface area contributed by atoms with Gasteiger partial charge in [0.2, 0.25) is 0 Å².